The maximum Gasteiger partial charge on any atom is 0.153 e. The van der Waals surface area contributed by atoms with Crippen LogP contribution in [0, 0.1) is 11.7 Å². The van der Waals surface area contributed by atoms with E-state index in [4.69, 9.17) is 16.3 Å². The Kier molecular flexibility index (Phi) is 6.58. The molecule has 0 unspecified atom stereocenters. The summed E-state index contributed by atoms with van der Waals surface area (Å²) in [7, 11) is 0. The van der Waals surface area contributed by atoms with Crippen molar-refractivity contribution >= 4 is 11.6 Å². The Balaban J connectivity index is 1.73. The average Bonchev–Trinajstić information content (AvgIpc) is 2.67. The van der Waals surface area contributed by atoms with Gasteiger partial charge in [0.15, 0.2) is 5.82 Å². The summed E-state index contributed by atoms with van der Waals surface area (Å²) < 4.78 is 20.0. The van der Waals surface area contributed by atoms with Crippen LogP contribution in [0.2, 0.25) is 5.02 Å². The van der Waals surface area contributed by atoms with Gasteiger partial charge in [0.2, 0.25) is 0 Å². The van der Waals surface area contributed by atoms with Crippen molar-refractivity contribution in [1.82, 2.24) is 0 Å². The first kappa shape index (κ1) is 19.2. The van der Waals surface area contributed by atoms with Gasteiger partial charge in [-0.05, 0) is 67.7 Å². The van der Waals surface area contributed by atoms with Gasteiger partial charge in [0, 0.05) is 5.56 Å². The smallest absolute Gasteiger partial charge is 0.153 e. The molecule has 3 heteroatoms. The molecule has 0 saturated heterocycles. The van der Waals surface area contributed by atoms with Gasteiger partial charge < -0.3 is 4.74 Å². The first-order valence-corrected chi connectivity index (χ1v) is 10.2. The van der Waals surface area contributed by atoms with Crippen molar-refractivity contribution in [2.75, 3.05) is 6.61 Å². The van der Waals surface area contributed by atoms with Crippen LogP contribution in [0.3, 0.4) is 0 Å². The lowest BCUT2D eigenvalue weighted by Gasteiger charge is -2.28. The van der Waals surface area contributed by atoms with Crippen LogP contribution in [0.25, 0.3) is 11.1 Å². The molecule has 0 bridgehead atoms. The van der Waals surface area contributed by atoms with E-state index in [1.165, 1.54) is 44.1 Å². The zero-order valence-corrected chi connectivity index (χ0v) is 16.5. The van der Waals surface area contributed by atoms with E-state index in [2.05, 4.69) is 19.1 Å². The minimum absolute atomic E-state index is 0.0580. The monoisotopic (exact) mass is 374 g/mol. The molecule has 0 heterocycles. The largest absolute Gasteiger partial charge is 0.492 e. The van der Waals surface area contributed by atoms with E-state index < -0.39 is 5.82 Å². The highest BCUT2D eigenvalue weighted by atomic mass is 35.5. The van der Waals surface area contributed by atoms with E-state index in [1.807, 2.05) is 19.1 Å². The fraction of sp³-hybridized carbons (Fsp3) is 0.478. The van der Waals surface area contributed by atoms with E-state index in [-0.39, 0.29) is 5.02 Å². The molecular weight excluding hydrogens is 347 g/mol. The first-order chi connectivity index (χ1) is 12.6. The van der Waals surface area contributed by atoms with Crippen LogP contribution < -0.4 is 4.74 Å². The average molecular weight is 375 g/mol. The topological polar surface area (TPSA) is 9.23 Å². The number of benzene rings is 2. The highest BCUT2D eigenvalue weighted by Gasteiger charge is 2.22. The van der Waals surface area contributed by atoms with Crippen LogP contribution in [-0.4, -0.2) is 6.61 Å². The van der Waals surface area contributed by atoms with Gasteiger partial charge in [0.25, 0.3) is 0 Å². The van der Waals surface area contributed by atoms with E-state index in [1.54, 1.807) is 12.1 Å². The van der Waals surface area contributed by atoms with Gasteiger partial charge in [-0.25, -0.2) is 4.39 Å². The summed E-state index contributed by atoms with van der Waals surface area (Å²) in [5.74, 6) is 1.54. The van der Waals surface area contributed by atoms with Crippen LogP contribution in [0.5, 0.6) is 5.75 Å². The second-order valence-corrected chi connectivity index (χ2v) is 7.68. The lowest BCUT2D eigenvalue weighted by atomic mass is 9.77. The number of hydrogen-bond acceptors (Lipinski definition) is 1. The molecule has 0 spiro atoms. The molecule has 1 aliphatic carbocycles. The molecule has 140 valence electrons. The van der Waals surface area contributed by atoms with Crippen molar-refractivity contribution in [3.8, 4) is 16.9 Å². The Morgan fingerprint density at radius 2 is 1.69 bits per heavy atom. The molecule has 0 N–H and O–H groups in total. The summed E-state index contributed by atoms with van der Waals surface area (Å²) in [6.07, 6.45) is 7.87. The van der Waals surface area contributed by atoms with Gasteiger partial charge >= 0.3 is 0 Å². The Morgan fingerprint density at radius 3 is 2.31 bits per heavy atom. The number of hydrogen-bond donors (Lipinski definition) is 0. The standard InChI is InChI=1S/C23H28ClFO/c1-3-5-16-6-8-17(9-7-16)18-10-12-19(13-11-18)20-14-15-21(26-4-2)22(24)23(20)25/h10-17H,3-9H2,1-2H3/t16-,17-. The van der Waals surface area contributed by atoms with Gasteiger partial charge in [-0.3, -0.25) is 0 Å². The summed E-state index contributed by atoms with van der Waals surface area (Å²) in [5.41, 5.74) is 2.76. The fourth-order valence-corrected chi connectivity index (χ4v) is 4.37. The molecule has 0 aliphatic heterocycles. The van der Waals surface area contributed by atoms with Gasteiger partial charge in [-0.1, -0.05) is 55.6 Å². The van der Waals surface area contributed by atoms with Gasteiger partial charge in [-0.2, -0.15) is 0 Å². The van der Waals surface area contributed by atoms with E-state index >= 15 is 0 Å². The van der Waals surface area contributed by atoms with Crippen LogP contribution in [0.4, 0.5) is 4.39 Å². The minimum atomic E-state index is -0.412. The molecule has 3 rings (SSSR count). The molecule has 26 heavy (non-hydrogen) atoms. The molecule has 0 radical (unpaired) electrons. The SMILES string of the molecule is CCC[C@H]1CC[C@H](c2ccc(-c3ccc(OCC)c(Cl)c3F)cc2)CC1. The summed E-state index contributed by atoms with van der Waals surface area (Å²) in [4.78, 5) is 0. The molecule has 1 nitrogen and oxygen atoms in total. The molecule has 1 aliphatic rings. The number of ether oxygens (including phenoxy) is 1. The summed E-state index contributed by atoms with van der Waals surface area (Å²) in [6, 6.07) is 11.8. The lowest BCUT2D eigenvalue weighted by Crippen LogP contribution is -2.13. The van der Waals surface area contributed by atoms with Crippen LogP contribution in [-0.2, 0) is 0 Å². The summed E-state index contributed by atoms with van der Waals surface area (Å²) in [6.45, 7) is 4.60. The molecule has 0 amide bonds. The highest BCUT2D eigenvalue weighted by molar-refractivity contribution is 6.32. The number of rotatable bonds is 6. The second-order valence-electron chi connectivity index (χ2n) is 7.30. The van der Waals surface area contributed by atoms with Gasteiger partial charge in [0.05, 0.1) is 6.61 Å². The van der Waals surface area contributed by atoms with E-state index in [0.717, 1.165) is 11.5 Å². The summed E-state index contributed by atoms with van der Waals surface area (Å²) >= 11 is 6.12. The lowest BCUT2D eigenvalue weighted by molar-refractivity contribution is 0.308. The normalized spacial score (nSPS) is 20.2. The van der Waals surface area contributed by atoms with Crippen molar-refractivity contribution in [1.29, 1.82) is 0 Å². The Bertz CT molecular complexity index is 718. The van der Waals surface area contributed by atoms with E-state index in [9.17, 15) is 4.39 Å². The second kappa shape index (κ2) is 8.90. The Morgan fingerprint density at radius 1 is 1.00 bits per heavy atom. The molecule has 0 atom stereocenters. The zero-order valence-electron chi connectivity index (χ0n) is 15.7. The number of halogens is 2. The maximum atomic E-state index is 14.6. The molecule has 2 aromatic rings. The van der Waals surface area contributed by atoms with Gasteiger partial charge in [0.1, 0.15) is 10.8 Å². The molecule has 2 aromatic carbocycles. The fourth-order valence-electron chi connectivity index (χ4n) is 4.15. The zero-order chi connectivity index (χ0) is 18.5. The Labute approximate surface area is 161 Å². The summed E-state index contributed by atoms with van der Waals surface area (Å²) in [5, 5.41) is 0.0580. The van der Waals surface area contributed by atoms with Crippen molar-refractivity contribution in [3.05, 3.63) is 52.8 Å². The third kappa shape index (κ3) is 4.23. The van der Waals surface area contributed by atoms with Crippen LogP contribution in [0.1, 0.15) is 63.9 Å². The van der Waals surface area contributed by atoms with Gasteiger partial charge in [-0.15, -0.1) is 0 Å². The van der Waals surface area contributed by atoms with Crippen LogP contribution >= 0.6 is 11.6 Å². The molecular formula is C23H28ClFO. The molecule has 1 fully saturated rings. The third-order valence-electron chi connectivity index (χ3n) is 5.58. The minimum Gasteiger partial charge on any atom is -0.492 e. The molecule has 0 aromatic heterocycles. The maximum absolute atomic E-state index is 14.6. The first-order valence-electron chi connectivity index (χ1n) is 9.85. The van der Waals surface area contributed by atoms with Crippen molar-refractivity contribution in [2.45, 2.75) is 58.3 Å². The molecule has 1 saturated carbocycles. The van der Waals surface area contributed by atoms with Crippen molar-refractivity contribution in [3.63, 3.8) is 0 Å². The Hall–Kier alpha value is -1.54. The quantitative estimate of drug-likeness (QED) is 0.505. The van der Waals surface area contributed by atoms with Crippen molar-refractivity contribution < 1.29 is 9.13 Å². The van der Waals surface area contributed by atoms with Crippen LogP contribution in [0.15, 0.2) is 36.4 Å². The highest BCUT2D eigenvalue weighted by Crippen LogP contribution is 2.39. The third-order valence-corrected chi connectivity index (χ3v) is 5.94. The predicted octanol–water partition coefficient (Wildman–Crippen LogP) is 7.62. The predicted molar refractivity (Wildman–Crippen MR) is 108 cm³/mol. The van der Waals surface area contributed by atoms with Crippen molar-refractivity contribution in [2.24, 2.45) is 5.92 Å². The van der Waals surface area contributed by atoms with E-state index in [0.29, 0.717) is 23.8 Å².